The molecule has 7 nitrogen and oxygen atoms in total. The molecule has 1 aromatic carbocycles. The number of fused-ring (bicyclic) bond motifs is 1. The lowest BCUT2D eigenvalue weighted by Crippen LogP contribution is -2.46. The maximum absolute atomic E-state index is 12.3. The van der Waals surface area contributed by atoms with Gasteiger partial charge in [0.2, 0.25) is 0 Å². The topological polar surface area (TPSA) is 82.5 Å². The normalized spacial score (nSPS) is 16.0. The molecule has 2 aromatic rings. The van der Waals surface area contributed by atoms with E-state index in [0.29, 0.717) is 17.4 Å². The van der Waals surface area contributed by atoms with Gasteiger partial charge in [0.25, 0.3) is 0 Å². The van der Waals surface area contributed by atoms with E-state index in [2.05, 4.69) is 15.3 Å². The van der Waals surface area contributed by atoms with Crippen molar-refractivity contribution in [3.05, 3.63) is 57.2 Å². The van der Waals surface area contributed by atoms with Gasteiger partial charge in [-0.05, 0) is 12.5 Å². The van der Waals surface area contributed by atoms with Crippen LogP contribution < -0.4 is 21.8 Å². The Kier molecular flexibility index (Phi) is 3.54. The first-order valence-electron chi connectivity index (χ1n) is 7.07. The van der Waals surface area contributed by atoms with Gasteiger partial charge in [-0.3, -0.25) is 4.98 Å². The lowest BCUT2D eigenvalue weighted by Gasteiger charge is -2.17. The van der Waals surface area contributed by atoms with Crippen LogP contribution in [-0.4, -0.2) is 34.1 Å². The lowest BCUT2D eigenvalue weighted by atomic mass is 10.2. The van der Waals surface area contributed by atoms with E-state index < -0.39 is 5.69 Å². The highest BCUT2D eigenvalue weighted by Gasteiger charge is 2.19. The highest BCUT2D eigenvalue weighted by molar-refractivity contribution is 5.76. The van der Waals surface area contributed by atoms with Crippen LogP contribution in [0.4, 0.5) is 4.79 Å². The van der Waals surface area contributed by atoms with Gasteiger partial charge in [-0.2, -0.15) is 0 Å². The van der Waals surface area contributed by atoms with Gasteiger partial charge in [0.05, 0.1) is 0 Å². The van der Waals surface area contributed by atoms with Crippen molar-refractivity contribution in [2.75, 3.05) is 13.6 Å². The molecule has 1 amide bonds. The number of carbonyl (C=O) groups is 1. The molecule has 0 aliphatic carbocycles. The smallest absolute Gasteiger partial charge is 0.336 e. The summed E-state index contributed by atoms with van der Waals surface area (Å²) in [7, 11) is 1.65. The molecule has 0 fully saturated rings. The molecule has 114 valence electrons. The summed E-state index contributed by atoms with van der Waals surface area (Å²) in [5.74, 6) is 0. The molecule has 1 aliphatic heterocycles. The number of H-pyrrole nitrogens is 1. The molecule has 7 heteroatoms. The van der Waals surface area contributed by atoms with E-state index in [1.807, 2.05) is 37.3 Å². The van der Waals surface area contributed by atoms with E-state index in [1.165, 1.54) is 4.90 Å². The van der Waals surface area contributed by atoms with Gasteiger partial charge in [0.15, 0.2) is 5.49 Å². The summed E-state index contributed by atoms with van der Waals surface area (Å²) < 4.78 is 1.09. The highest BCUT2D eigenvalue weighted by Crippen LogP contribution is 2.13. The van der Waals surface area contributed by atoms with E-state index in [9.17, 15) is 9.59 Å². The van der Waals surface area contributed by atoms with Crippen LogP contribution in [0.2, 0.25) is 0 Å². The zero-order chi connectivity index (χ0) is 15.7. The van der Waals surface area contributed by atoms with Gasteiger partial charge >= 0.3 is 11.7 Å². The van der Waals surface area contributed by atoms with Crippen molar-refractivity contribution >= 4 is 12.2 Å². The van der Waals surface area contributed by atoms with Crippen LogP contribution in [-0.2, 0) is 0 Å². The lowest BCUT2D eigenvalue weighted by molar-refractivity contribution is 0.211. The summed E-state index contributed by atoms with van der Waals surface area (Å²) in [5.41, 5.74) is 0.913. The Morgan fingerprint density at radius 2 is 2.09 bits per heavy atom. The van der Waals surface area contributed by atoms with Gasteiger partial charge in [-0.15, -0.1) is 0 Å². The third kappa shape index (κ3) is 2.30. The number of benzene rings is 1. The standard InChI is InChI=1S/C15H17N5O2/c1-3-19(2)15(22)20-11-9-16-12(10-7-5-4-6-8-10)17-13(11)18-14(20)21/h4-9,12,16H,3H2,1-2H3,(H,17,18,21). The van der Waals surface area contributed by atoms with E-state index in [-0.39, 0.29) is 12.2 Å². The maximum atomic E-state index is 12.3. The Morgan fingerprint density at radius 3 is 2.77 bits per heavy atom. The molecule has 0 bridgehead atoms. The molecule has 1 atom stereocenters. The van der Waals surface area contributed by atoms with Crippen LogP contribution in [0.1, 0.15) is 18.7 Å². The average molecular weight is 299 g/mol. The molecule has 2 heterocycles. The van der Waals surface area contributed by atoms with Crippen LogP contribution in [0.25, 0.3) is 6.20 Å². The Bertz CT molecular complexity index is 866. The number of rotatable bonds is 2. The van der Waals surface area contributed by atoms with E-state index >= 15 is 0 Å². The van der Waals surface area contributed by atoms with Crippen LogP contribution in [0.15, 0.2) is 40.1 Å². The SMILES string of the molecule is CCN(C)C(=O)n1c(=O)[nH]c2c1=CNC(c1ccccc1)N=2. The van der Waals surface area contributed by atoms with Crippen LogP contribution in [0.5, 0.6) is 0 Å². The fraction of sp³-hybridized carbons (Fsp3) is 0.267. The Balaban J connectivity index is 2.07. The minimum atomic E-state index is -0.481. The van der Waals surface area contributed by atoms with Crippen molar-refractivity contribution < 1.29 is 4.79 Å². The van der Waals surface area contributed by atoms with E-state index in [4.69, 9.17) is 0 Å². The second kappa shape index (κ2) is 5.51. The zero-order valence-electron chi connectivity index (χ0n) is 12.4. The predicted molar refractivity (Wildman–Crippen MR) is 81.7 cm³/mol. The fourth-order valence-corrected chi connectivity index (χ4v) is 2.29. The fourth-order valence-electron chi connectivity index (χ4n) is 2.29. The minimum absolute atomic E-state index is 0.279. The first kappa shape index (κ1) is 14.1. The second-order valence-electron chi connectivity index (χ2n) is 5.05. The van der Waals surface area contributed by atoms with Gasteiger partial charge in [0, 0.05) is 19.8 Å². The van der Waals surface area contributed by atoms with Crippen molar-refractivity contribution in [2.45, 2.75) is 13.1 Å². The van der Waals surface area contributed by atoms with Gasteiger partial charge in [0.1, 0.15) is 11.5 Å². The van der Waals surface area contributed by atoms with Crippen molar-refractivity contribution in [2.24, 2.45) is 4.99 Å². The summed E-state index contributed by atoms with van der Waals surface area (Å²) in [6, 6.07) is 9.30. The molecule has 1 unspecified atom stereocenters. The number of nitrogens with zero attached hydrogens (tertiary/aromatic N) is 3. The number of carbonyl (C=O) groups excluding carboxylic acids is 1. The monoisotopic (exact) mass is 299 g/mol. The summed E-state index contributed by atoms with van der Waals surface area (Å²) in [5, 5.41) is 3.56. The maximum Gasteiger partial charge on any atom is 0.336 e. The van der Waals surface area contributed by atoms with Crippen LogP contribution >= 0.6 is 0 Å². The number of hydrogen-bond acceptors (Lipinski definition) is 4. The molecule has 0 radical (unpaired) electrons. The number of nitrogens with one attached hydrogen (secondary N) is 2. The largest absolute Gasteiger partial charge is 0.364 e. The third-order valence-electron chi connectivity index (χ3n) is 3.66. The summed E-state index contributed by atoms with van der Waals surface area (Å²) >= 11 is 0. The summed E-state index contributed by atoms with van der Waals surface area (Å²) in [4.78, 5) is 32.9. The average Bonchev–Trinajstić information content (AvgIpc) is 2.89. The first-order chi connectivity index (χ1) is 10.6. The second-order valence-corrected chi connectivity index (χ2v) is 5.05. The third-order valence-corrected chi connectivity index (χ3v) is 3.66. The van der Waals surface area contributed by atoms with Crippen molar-refractivity contribution in [1.82, 2.24) is 19.8 Å². The quantitative estimate of drug-likeness (QED) is 0.802. The molecule has 0 spiro atoms. The number of aromatic nitrogens is 2. The molecule has 0 saturated carbocycles. The van der Waals surface area contributed by atoms with Crippen LogP contribution in [0.3, 0.4) is 0 Å². The molecule has 1 aliphatic rings. The molecule has 0 saturated heterocycles. The molecular formula is C15H17N5O2. The molecule has 2 N–H and O–H groups in total. The Hall–Kier alpha value is -2.83. The summed E-state index contributed by atoms with van der Waals surface area (Å²) in [6.07, 6.45) is 1.37. The molecule has 22 heavy (non-hydrogen) atoms. The van der Waals surface area contributed by atoms with Crippen LogP contribution in [0, 0.1) is 0 Å². The highest BCUT2D eigenvalue weighted by atomic mass is 16.2. The number of aromatic amines is 1. The van der Waals surface area contributed by atoms with Gasteiger partial charge in [-0.25, -0.2) is 19.1 Å². The summed E-state index contributed by atoms with van der Waals surface area (Å²) in [6.45, 7) is 2.36. The molecule has 3 rings (SSSR count). The predicted octanol–water partition coefficient (Wildman–Crippen LogP) is -0.244. The van der Waals surface area contributed by atoms with Crippen molar-refractivity contribution in [3.8, 4) is 0 Å². The zero-order valence-corrected chi connectivity index (χ0v) is 12.4. The van der Waals surface area contributed by atoms with Gasteiger partial charge < -0.3 is 10.2 Å². The minimum Gasteiger partial charge on any atom is -0.364 e. The van der Waals surface area contributed by atoms with Crippen molar-refractivity contribution in [1.29, 1.82) is 0 Å². The number of hydrogen-bond donors (Lipinski definition) is 2. The van der Waals surface area contributed by atoms with Gasteiger partial charge in [-0.1, -0.05) is 30.3 Å². The number of imidazole rings is 1. The number of amides is 1. The first-order valence-corrected chi connectivity index (χ1v) is 7.07. The Morgan fingerprint density at radius 1 is 1.36 bits per heavy atom. The van der Waals surface area contributed by atoms with E-state index in [1.54, 1.807) is 13.2 Å². The van der Waals surface area contributed by atoms with Crippen molar-refractivity contribution in [3.63, 3.8) is 0 Å². The molecular weight excluding hydrogens is 282 g/mol. The Labute approximate surface area is 126 Å². The van der Waals surface area contributed by atoms with E-state index in [0.717, 1.165) is 10.1 Å². The molecule has 1 aromatic heterocycles.